The first-order chi connectivity index (χ1) is 18.8. The van der Waals surface area contributed by atoms with E-state index in [-0.39, 0.29) is 31.1 Å². The highest BCUT2D eigenvalue weighted by atomic mass is 16.4. The number of H-pyrrole nitrogens is 1. The Labute approximate surface area is 233 Å². The van der Waals surface area contributed by atoms with E-state index < -0.39 is 60.2 Å². The molecule has 0 bridgehead atoms. The van der Waals surface area contributed by atoms with Crippen molar-refractivity contribution < 1.29 is 34.2 Å². The molecule has 0 aliphatic heterocycles. The van der Waals surface area contributed by atoms with Gasteiger partial charge in [-0.25, -0.2) is 4.79 Å². The number of fused-ring (bicyclic) bond motifs is 1. The molecule has 0 fully saturated rings. The largest absolute Gasteiger partial charge is 0.481 e. The summed E-state index contributed by atoms with van der Waals surface area (Å²) in [5.74, 6) is -4.81. The molecule has 12 heteroatoms. The average molecular weight is 560 g/mol. The van der Waals surface area contributed by atoms with Crippen molar-refractivity contribution in [2.45, 2.75) is 84.0 Å². The zero-order chi connectivity index (χ0) is 30.0. The van der Waals surface area contributed by atoms with Gasteiger partial charge in [0.2, 0.25) is 17.7 Å². The number of nitrogens with one attached hydrogen (secondary N) is 4. The molecule has 2 aromatic rings. The van der Waals surface area contributed by atoms with Crippen molar-refractivity contribution in [1.82, 2.24) is 20.9 Å². The van der Waals surface area contributed by atoms with Gasteiger partial charge in [0, 0.05) is 23.5 Å². The highest BCUT2D eigenvalue weighted by molar-refractivity contribution is 5.94. The number of para-hydroxylation sites is 1. The first-order valence-electron chi connectivity index (χ1n) is 13.5. The second-order valence-electron chi connectivity index (χ2n) is 10.6. The molecule has 8 N–H and O–H groups in total. The van der Waals surface area contributed by atoms with Crippen LogP contribution in [0.25, 0.3) is 10.9 Å². The van der Waals surface area contributed by atoms with Gasteiger partial charge in [0.15, 0.2) is 0 Å². The summed E-state index contributed by atoms with van der Waals surface area (Å²) in [6.45, 7) is 7.20. The molecular formula is C28H41N5O7. The molecule has 5 unspecified atom stereocenters. The summed E-state index contributed by atoms with van der Waals surface area (Å²) >= 11 is 0. The van der Waals surface area contributed by atoms with Gasteiger partial charge in [-0.15, -0.1) is 0 Å². The zero-order valence-corrected chi connectivity index (χ0v) is 23.4. The normalized spacial score (nSPS) is 15.1. The van der Waals surface area contributed by atoms with E-state index in [1.165, 1.54) is 0 Å². The van der Waals surface area contributed by atoms with Crippen LogP contribution in [0.4, 0.5) is 0 Å². The summed E-state index contributed by atoms with van der Waals surface area (Å²) in [6, 6.07) is 2.98. The van der Waals surface area contributed by atoms with Crippen LogP contribution in [0.3, 0.4) is 0 Å². The number of rotatable bonds is 16. The molecule has 0 saturated carbocycles. The van der Waals surface area contributed by atoms with E-state index in [0.29, 0.717) is 6.42 Å². The van der Waals surface area contributed by atoms with Crippen LogP contribution in [0.2, 0.25) is 0 Å². The van der Waals surface area contributed by atoms with Gasteiger partial charge in [0.05, 0.1) is 6.04 Å². The number of carboxylic acid groups (broad SMARTS) is 2. The summed E-state index contributed by atoms with van der Waals surface area (Å²) < 4.78 is 0. The maximum Gasteiger partial charge on any atom is 0.326 e. The fourth-order valence-corrected chi connectivity index (χ4v) is 4.36. The lowest BCUT2D eigenvalue weighted by molar-refractivity contribution is -0.143. The summed E-state index contributed by atoms with van der Waals surface area (Å²) in [5.41, 5.74) is 7.85. The van der Waals surface area contributed by atoms with Crippen LogP contribution in [0.15, 0.2) is 30.5 Å². The number of nitrogens with two attached hydrogens (primary N) is 1. The van der Waals surface area contributed by atoms with Crippen molar-refractivity contribution in [3.8, 4) is 0 Å². The number of aromatic nitrogens is 1. The number of benzene rings is 1. The molecule has 0 radical (unpaired) electrons. The predicted molar refractivity (Wildman–Crippen MR) is 149 cm³/mol. The predicted octanol–water partition coefficient (Wildman–Crippen LogP) is 1.53. The Morgan fingerprint density at radius 3 is 2.17 bits per heavy atom. The summed E-state index contributed by atoms with van der Waals surface area (Å²) in [5, 5.41) is 27.3. The van der Waals surface area contributed by atoms with Gasteiger partial charge in [-0.05, 0) is 42.7 Å². The number of carbonyl (C=O) groups is 5. The topological polar surface area (TPSA) is 204 Å². The van der Waals surface area contributed by atoms with Gasteiger partial charge >= 0.3 is 11.9 Å². The van der Waals surface area contributed by atoms with E-state index in [2.05, 4.69) is 20.9 Å². The quantitative estimate of drug-likeness (QED) is 0.160. The Kier molecular flexibility index (Phi) is 12.1. The molecule has 1 aromatic heterocycles. The number of hydrogen-bond donors (Lipinski definition) is 7. The van der Waals surface area contributed by atoms with Crippen LogP contribution in [0.1, 0.15) is 58.9 Å². The van der Waals surface area contributed by atoms with Crippen LogP contribution in [0, 0.1) is 11.8 Å². The highest BCUT2D eigenvalue weighted by Crippen LogP contribution is 2.19. The molecule has 0 aliphatic rings. The number of carboxylic acids is 2. The fourth-order valence-electron chi connectivity index (χ4n) is 4.36. The van der Waals surface area contributed by atoms with E-state index in [1.807, 2.05) is 45.0 Å². The second kappa shape index (κ2) is 15.0. The summed E-state index contributed by atoms with van der Waals surface area (Å²) in [4.78, 5) is 65.4. The lowest BCUT2D eigenvalue weighted by atomic mass is 9.96. The Bertz CT molecular complexity index is 1190. The first kappa shape index (κ1) is 32.3. The van der Waals surface area contributed by atoms with Crippen molar-refractivity contribution in [2.75, 3.05) is 0 Å². The van der Waals surface area contributed by atoms with Crippen LogP contribution in [-0.2, 0) is 30.4 Å². The molecule has 0 saturated heterocycles. The molecule has 5 atom stereocenters. The second-order valence-corrected chi connectivity index (χ2v) is 10.6. The monoisotopic (exact) mass is 559 g/mol. The standard InChI is InChI=1S/C28H41N5O7/c1-5-16(4)24(27(38)32-22(28(39)40)12-15(2)3)33-26(37)21(10-11-23(34)35)31-25(36)19(29)13-17-14-30-20-9-7-6-8-18(17)20/h6-9,14-16,19,21-22,24,30H,5,10-13,29H2,1-4H3,(H,31,36)(H,32,38)(H,33,37)(H,34,35)(H,39,40). The molecule has 12 nitrogen and oxygen atoms in total. The van der Waals surface area contributed by atoms with Crippen LogP contribution < -0.4 is 21.7 Å². The fraction of sp³-hybridized carbons (Fsp3) is 0.536. The summed E-state index contributed by atoms with van der Waals surface area (Å²) in [7, 11) is 0. The summed E-state index contributed by atoms with van der Waals surface area (Å²) in [6.07, 6.45) is 1.98. The van der Waals surface area contributed by atoms with E-state index in [0.717, 1.165) is 16.5 Å². The van der Waals surface area contributed by atoms with Crippen molar-refractivity contribution in [1.29, 1.82) is 0 Å². The third-order valence-electron chi connectivity index (χ3n) is 6.85. The third-order valence-corrected chi connectivity index (χ3v) is 6.85. The van der Waals surface area contributed by atoms with Gasteiger partial charge in [-0.2, -0.15) is 0 Å². The lowest BCUT2D eigenvalue weighted by Gasteiger charge is -2.28. The van der Waals surface area contributed by atoms with E-state index in [1.54, 1.807) is 13.1 Å². The highest BCUT2D eigenvalue weighted by Gasteiger charge is 2.33. The van der Waals surface area contributed by atoms with Gasteiger partial charge in [0.1, 0.15) is 18.1 Å². The number of carbonyl (C=O) groups excluding carboxylic acids is 3. The molecule has 220 valence electrons. The third kappa shape index (κ3) is 9.37. The molecular weight excluding hydrogens is 518 g/mol. The van der Waals surface area contributed by atoms with Crippen LogP contribution in [0.5, 0.6) is 0 Å². The molecule has 1 heterocycles. The Balaban J connectivity index is 2.17. The molecule has 0 aliphatic carbocycles. The van der Waals surface area contributed by atoms with Gasteiger partial charge in [-0.3, -0.25) is 19.2 Å². The zero-order valence-electron chi connectivity index (χ0n) is 23.4. The van der Waals surface area contributed by atoms with Gasteiger partial charge in [-0.1, -0.05) is 52.3 Å². The number of aliphatic carboxylic acids is 2. The van der Waals surface area contributed by atoms with Gasteiger partial charge in [0.25, 0.3) is 0 Å². The van der Waals surface area contributed by atoms with Crippen molar-refractivity contribution in [3.63, 3.8) is 0 Å². The molecule has 2 rings (SSSR count). The van der Waals surface area contributed by atoms with Gasteiger partial charge < -0.3 is 36.9 Å². The van der Waals surface area contributed by atoms with Crippen molar-refractivity contribution in [3.05, 3.63) is 36.0 Å². The Morgan fingerprint density at radius 2 is 1.57 bits per heavy atom. The number of hydrogen-bond acceptors (Lipinski definition) is 6. The van der Waals surface area contributed by atoms with Crippen LogP contribution >= 0.6 is 0 Å². The maximum absolute atomic E-state index is 13.3. The van der Waals surface area contributed by atoms with Crippen LogP contribution in [-0.4, -0.2) is 69.0 Å². The molecule has 40 heavy (non-hydrogen) atoms. The minimum Gasteiger partial charge on any atom is -0.481 e. The van der Waals surface area contributed by atoms with E-state index in [4.69, 9.17) is 5.73 Å². The number of aromatic amines is 1. The maximum atomic E-state index is 13.3. The SMILES string of the molecule is CCC(C)C(NC(=O)C(CCC(=O)O)NC(=O)C(N)Cc1c[nH]c2ccccc12)C(=O)NC(CC(C)C)C(=O)O. The smallest absolute Gasteiger partial charge is 0.326 e. The minimum atomic E-state index is -1.28. The average Bonchev–Trinajstić information content (AvgIpc) is 3.30. The van der Waals surface area contributed by atoms with Crippen molar-refractivity contribution in [2.24, 2.45) is 17.6 Å². The molecule has 0 spiro atoms. The van der Waals surface area contributed by atoms with Crippen molar-refractivity contribution >= 4 is 40.6 Å². The molecule has 1 aromatic carbocycles. The Hall–Kier alpha value is -3.93. The Morgan fingerprint density at radius 1 is 0.925 bits per heavy atom. The minimum absolute atomic E-state index is 0.00196. The lowest BCUT2D eigenvalue weighted by Crippen LogP contribution is -2.59. The van der Waals surface area contributed by atoms with E-state index >= 15 is 0 Å². The van der Waals surface area contributed by atoms with E-state index in [9.17, 15) is 34.2 Å². The number of amides is 3. The first-order valence-corrected chi connectivity index (χ1v) is 13.5. The molecule has 3 amide bonds.